The molecule has 0 saturated heterocycles. The third-order valence-electron chi connectivity index (χ3n) is 1.95. The Bertz CT molecular complexity index is 298. The van der Waals surface area contributed by atoms with Gasteiger partial charge in [0.2, 0.25) is 7.98 Å². The standard InChI is InChI=1S/C7H12BN3O2/c1-10(2)7(13)5-4(12)3-11(8)6(5)9/h3,8-9H2,1-2H3. The van der Waals surface area contributed by atoms with Crippen LogP contribution >= 0.6 is 0 Å². The molecule has 1 heterocycles. The number of hydrogen-bond acceptors (Lipinski definition) is 4. The van der Waals surface area contributed by atoms with Gasteiger partial charge in [0, 0.05) is 14.1 Å². The van der Waals surface area contributed by atoms with Gasteiger partial charge in [-0.05, 0) is 0 Å². The minimum absolute atomic E-state index is 0.104. The first-order chi connectivity index (χ1) is 5.95. The van der Waals surface area contributed by atoms with E-state index in [-0.39, 0.29) is 29.6 Å². The first-order valence-electron chi connectivity index (χ1n) is 3.91. The summed E-state index contributed by atoms with van der Waals surface area (Å²) in [5, 5.41) is 0. The molecule has 1 rings (SSSR count). The van der Waals surface area contributed by atoms with Crippen LogP contribution in [0.4, 0.5) is 0 Å². The molecule has 70 valence electrons. The topological polar surface area (TPSA) is 66.6 Å². The highest BCUT2D eigenvalue weighted by atomic mass is 16.2. The lowest BCUT2D eigenvalue weighted by Crippen LogP contribution is -2.28. The van der Waals surface area contributed by atoms with Gasteiger partial charge in [0.15, 0.2) is 5.78 Å². The lowest BCUT2D eigenvalue weighted by Gasteiger charge is -2.12. The highest BCUT2D eigenvalue weighted by Crippen LogP contribution is 2.14. The average molecular weight is 181 g/mol. The van der Waals surface area contributed by atoms with Gasteiger partial charge in [0.1, 0.15) is 11.4 Å². The van der Waals surface area contributed by atoms with Crippen molar-refractivity contribution < 1.29 is 9.59 Å². The number of carbonyl (C=O) groups is 2. The maximum atomic E-state index is 11.5. The highest BCUT2D eigenvalue weighted by molar-refractivity contribution is 6.24. The number of ketones is 1. The van der Waals surface area contributed by atoms with Crippen LogP contribution in [0.15, 0.2) is 11.4 Å². The fourth-order valence-electron chi connectivity index (χ4n) is 1.17. The van der Waals surface area contributed by atoms with E-state index in [2.05, 4.69) is 0 Å². The van der Waals surface area contributed by atoms with E-state index in [1.54, 1.807) is 26.9 Å². The van der Waals surface area contributed by atoms with E-state index in [0.29, 0.717) is 0 Å². The maximum Gasteiger partial charge on any atom is 0.260 e. The van der Waals surface area contributed by atoms with Gasteiger partial charge in [0.25, 0.3) is 5.91 Å². The van der Waals surface area contributed by atoms with E-state index < -0.39 is 0 Å². The molecule has 0 saturated carbocycles. The van der Waals surface area contributed by atoms with Gasteiger partial charge in [-0.1, -0.05) is 0 Å². The molecule has 0 bridgehead atoms. The zero-order valence-electron chi connectivity index (χ0n) is 8.00. The fraction of sp³-hybridized carbons (Fsp3) is 0.429. The van der Waals surface area contributed by atoms with E-state index in [1.165, 1.54) is 4.90 Å². The summed E-state index contributed by atoms with van der Waals surface area (Å²) in [6.07, 6.45) is 0. The number of Topliss-reactive ketones (excluding diaryl/α,β-unsaturated/α-hetero) is 1. The van der Waals surface area contributed by atoms with Crippen molar-refractivity contribution in [3.05, 3.63) is 11.4 Å². The van der Waals surface area contributed by atoms with Crippen molar-refractivity contribution in [1.29, 1.82) is 0 Å². The average Bonchev–Trinajstić information content (AvgIpc) is 2.26. The van der Waals surface area contributed by atoms with Crippen LogP contribution in [0, 0.1) is 0 Å². The molecule has 0 aromatic carbocycles. The van der Waals surface area contributed by atoms with Crippen molar-refractivity contribution in [2.75, 3.05) is 20.6 Å². The number of carbonyl (C=O) groups excluding carboxylic acids is 2. The highest BCUT2D eigenvalue weighted by Gasteiger charge is 2.31. The van der Waals surface area contributed by atoms with Gasteiger partial charge >= 0.3 is 0 Å². The molecule has 0 aromatic heterocycles. The Morgan fingerprint density at radius 3 is 2.46 bits per heavy atom. The predicted molar refractivity (Wildman–Crippen MR) is 50.2 cm³/mol. The summed E-state index contributed by atoms with van der Waals surface area (Å²) < 4.78 is 0. The van der Waals surface area contributed by atoms with E-state index >= 15 is 0 Å². The molecular formula is C7H12BN3O2. The number of likely N-dealkylation sites (N-methyl/N-ethyl adjacent to an activating group) is 1. The Kier molecular flexibility index (Phi) is 2.31. The molecule has 0 fully saturated rings. The maximum absolute atomic E-state index is 11.5. The molecule has 0 unspecified atom stereocenters. The molecule has 13 heavy (non-hydrogen) atoms. The molecule has 0 aromatic rings. The van der Waals surface area contributed by atoms with Crippen LogP contribution < -0.4 is 5.73 Å². The van der Waals surface area contributed by atoms with Crippen molar-refractivity contribution >= 4 is 19.7 Å². The summed E-state index contributed by atoms with van der Waals surface area (Å²) in [5.41, 5.74) is 5.69. The van der Waals surface area contributed by atoms with E-state index in [9.17, 15) is 9.59 Å². The van der Waals surface area contributed by atoms with Gasteiger partial charge in [-0.15, -0.1) is 0 Å². The summed E-state index contributed by atoms with van der Waals surface area (Å²) in [7, 11) is 4.87. The number of amides is 1. The summed E-state index contributed by atoms with van der Waals surface area (Å²) in [6.45, 7) is 0.195. The molecule has 5 nitrogen and oxygen atoms in total. The van der Waals surface area contributed by atoms with Gasteiger partial charge in [-0.2, -0.15) is 0 Å². The second-order valence-corrected chi connectivity index (χ2v) is 3.24. The molecule has 1 aliphatic heterocycles. The Balaban J connectivity index is 3.02. The molecule has 0 aliphatic carbocycles. The molecule has 2 N–H and O–H groups in total. The smallest absolute Gasteiger partial charge is 0.260 e. The zero-order valence-corrected chi connectivity index (χ0v) is 8.00. The summed E-state index contributed by atoms with van der Waals surface area (Å²) in [5.74, 6) is -0.269. The number of nitrogens with two attached hydrogens (primary N) is 1. The van der Waals surface area contributed by atoms with E-state index in [1.807, 2.05) is 0 Å². The van der Waals surface area contributed by atoms with E-state index in [0.717, 1.165) is 0 Å². The SMILES string of the molecule is BN1CC(=O)C(C(=O)N(C)C)=C1N. The zero-order chi connectivity index (χ0) is 10.2. The first-order valence-corrected chi connectivity index (χ1v) is 3.91. The summed E-state index contributed by atoms with van der Waals surface area (Å²) in [4.78, 5) is 25.7. The number of rotatable bonds is 1. The third kappa shape index (κ3) is 1.51. The summed E-state index contributed by atoms with van der Waals surface area (Å²) >= 11 is 0. The van der Waals surface area contributed by atoms with Crippen molar-refractivity contribution in [3.8, 4) is 0 Å². The molecule has 0 spiro atoms. The Morgan fingerprint density at radius 1 is 1.62 bits per heavy atom. The van der Waals surface area contributed by atoms with Crippen molar-refractivity contribution in [2.45, 2.75) is 0 Å². The lowest BCUT2D eigenvalue weighted by molar-refractivity contribution is -0.127. The van der Waals surface area contributed by atoms with Crippen molar-refractivity contribution in [1.82, 2.24) is 9.71 Å². The van der Waals surface area contributed by atoms with Crippen LogP contribution in [0.3, 0.4) is 0 Å². The van der Waals surface area contributed by atoms with Crippen molar-refractivity contribution in [3.63, 3.8) is 0 Å². The fourth-order valence-corrected chi connectivity index (χ4v) is 1.17. The summed E-state index contributed by atoms with van der Waals surface area (Å²) in [6, 6.07) is 0. The normalized spacial score (nSPS) is 16.8. The lowest BCUT2D eigenvalue weighted by atomic mass is 10.2. The molecular weight excluding hydrogens is 169 g/mol. The monoisotopic (exact) mass is 181 g/mol. The Morgan fingerprint density at radius 2 is 2.15 bits per heavy atom. The van der Waals surface area contributed by atoms with Gasteiger partial charge in [-0.3, -0.25) is 9.59 Å². The van der Waals surface area contributed by atoms with Crippen LogP contribution in [0.25, 0.3) is 0 Å². The predicted octanol–water partition coefficient (Wildman–Crippen LogP) is -2.32. The van der Waals surface area contributed by atoms with Crippen LogP contribution in [0.2, 0.25) is 0 Å². The van der Waals surface area contributed by atoms with Gasteiger partial charge in [0.05, 0.1) is 6.54 Å². The molecule has 0 radical (unpaired) electrons. The van der Waals surface area contributed by atoms with Crippen LogP contribution in [-0.2, 0) is 9.59 Å². The van der Waals surface area contributed by atoms with Crippen LogP contribution in [0.1, 0.15) is 0 Å². The second-order valence-electron chi connectivity index (χ2n) is 3.24. The first kappa shape index (κ1) is 9.63. The molecule has 1 amide bonds. The molecule has 6 heteroatoms. The molecule has 0 atom stereocenters. The minimum Gasteiger partial charge on any atom is -0.402 e. The Labute approximate surface area is 77.6 Å². The number of hydrogen-bond donors (Lipinski definition) is 1. The number of nitrogens with zero attached hydrogens (tertiary/aromatic N) is 2. The largest absolute Gasteiger partial charge is 0.402 e. The van der Waals surface area contributed by atoms with Gasteiger partial charge < -0.3 is 15.4 Å². The second kappa shape index (κ2) is 3.12. The quantitative estimate of drug-likeness (QED) is 0.364. The van der Waals surface area contributed by atoms with E-state index in [4.69, 9.17) is 5.73 Å². The van der Waals surface area contributed by atoms with Crippen LogP contribution in [0.5, 0.6) is 0 Å². The Hall–Kier alpha value is -1.46. The third-order valence-corrected chi connectivity index (χ3v) is 1.95. The van der Waals surface area contributed by atoms with Crippen LogP contribution in [-0.4, -0.2) is 50.0 Å². The minimum atomic E-state index is -0.327. The van der Waals surface area contributed by atoms with Gasteiger partial charge in [-0.25, -0.2) is 0 Å². The molecule has 1 aliphatic rings. The van der Waals surface area contributed by atoms with Crippen molar-refractivity contribution in [2.24, 2.45) is 5.73 Å².